The number of amides is 2. The maximum Gasteiger partial charge on any atom is 0.328 e. The van der Waals surface area contributed by atoms with Crippen LogP contribution in [-0.2, 0) is 11.3 Å². The summed E-state index contributed by atoms with van der Waals surface area (Å²) in [7, 11) is 3.08. The molecule has 3 N–H and O–H groups in total. The third kappa shape index (κ3) is 4.43. The lowest BCUT2D eigenvalue weighted by Crippen LogP contribution is -2.48. The van der Waals surface area contributed by atoms with Crippen LogP contribution in [0.15, 0.2) is 24.3 Å². The van der Waals surface area contributed by atoms with Gasteiger partial charge in [0.05, 0.1) is 13.7 Å². The highest BCUT2D eigenvalue weighted by Gasteiger charge is 2.20. The van der Waals surface area contributed by atoms with Gasteiger partial charge in [-0.1, -0.05) is 12.1 Å². The number of rotatable bonds is 6. The normalized spacial score (nSPS) is 11.6. The molecule has 0 heterocycles. The van der Waals surface area contributed by atoms with Crippen molar-refractivity contribution < 1.29 is 24.5 Å². The molecule has 1 aromatic carbocycles. The molecule has 0 aliphatic rings. The molecule has 1 atom stereocenters. The molecule has 0 aliphatic carbocycles. The number of carbonyl (C=O) groups excluding carboxylic acids is 1. The van der Waals surface area contributed by atoms with E-state index in [4.69, 9.17) is 14.9 Å². The lowest BCUT2D eigenvalue weighted by atomic mass is 10.2. The summed E-state index contributed by atoms with van der Waals surface area (Å²) in [5, 5.41) is 19.8. The minimum atomic E-state index is -1.31. The number of nitrogens with zero attached hydrogens (tertiary/aromatic N) is 1. The van der Waals surface area contributed by atoms with Crippen LogP contribution in [0.1, 0.15) is 5.56 Å². The number of ether oxygens (including phenoxy) is 1. The molecular weight excluding hydrogens is 264 g/mol. The molecule has 0 fully saturated rings. The largest absolute Gasteiger partial charge is 0.497 e. The summed E-state index contributed by atoms with van der Waals surface area (Å²) < 4.78 is 5.08. The van der Waals surface area contributed by atoms with Crippen molar-refractivity contribution in [2.45, 2.75) is 12.6 Å². The fourth-order valence-electron chi connectivity index (χ4n) is 1.56. The lowest BCUT2D eigenvalue weighted by Gasteiger charge is -2.20. The first-order valence-corrected chi connectivity index (χ1v) is 5.96. The Bertz CT molecular complexity index is 478. The van der Waals surface area contributed by atoms with E-state index in [9.17, 15) is 9.59 Å². The van der Waals surface area contributed by atoms with E-state index in [1.165, 1.54) is 11.9 Å². The van der Waals surface area contributed by atoms with Gasteiger partial charge in [0.1, 0.15) is 5.75 Å². The van der Waals surface area contributed by atoms with Gasteiger partial charge < -0.3 is 25.2 Å². The highest BCUT2D eigenvalue weighted by molar-refractivity contribution is 5.82. The molecular formula is C13H18N2O5. The second-order valence-corrected chi connectivity index (χ2v) is 4.23. The quantitative estimate of drug-likeness (QED) is 0.696. The Morgan fingerprint density at radius 2 is 2.15 bits per heavy atom. The van der Waals surface area contributed by atoms with Gasteiger partial charge in [-0.15, -0.1) is 0 Å². The molecule has 0 bridgehead atoms. The molecule has 0 unspecified atom stereocenters. The molecule has 2 amide bonds. The predicted octanol–water partition coefficient (Wildman–Crippen LogP) is 0.282. The molecule has 1 rings (SSSR count). The first kappa shape index (κ1) is 15.8. The summed E-state index contributed by atoms with van der Waals surface area (Å²) in [6.45, 7) is -0.366. The Labute approximate surface area is 116 Å². The number of benzene rings is 1. The maximum absolute atomic E-state index is 11.8. The number of aliphatic hydroxyl groups excluding tert-OH is 1. The molecule has 0 aromatic heterocycles. The number of carboxylic acids is 1. The number of aliphatic hydroxyl groups is 1. The minimum Gasteiger partial charge on any atom is -0.497 e. The van der Waals surface area contributed by atoms with Gasteiger partial charge in [0.15, 0.2) is 6.04 Å². The summed E-state index contributed by atoms with van der Waals surface area (Å²) in [5.74, 6) is -0.606. The molecule has 0 radical (unpaired) electrons. The first-order chi connectivity index (χ1) is 9.47. The smallest absolute Gasteiger partial charge is 0.328 e. The second-order valence-electron chi connectivity index (χ2n) is 4.23. The van der Waals surface area contributed by atoms with E-state index in [1.807, 2.05) is 6.07 Å². The fourth-order valence-corrected chi connectivity index (χ4v) is 1.56. The summed E-state index contributed by atoms with van der Waals surface area (Å²) in [4.78, 5) is 23.8. The molecule has 7 nitrogen and oxygen atoms in total. The Morgan fingerprint density at radius 3 is 2.70 bits per heavy atom. The van der Waals surface area contributed by atoms with Gasteiger partial charge in [0, 0.05) is 13.6 Å². The maximum atomic E-state index is 11.8. The zero-order valence-corrected chi connectivity index (χ0v) is 11.4. The number of hydrogen-bond acceptors (Lipinski definition) is 4. The number of aliphatic carboxylic acids is 1. The molecule has 0 spiro atoms. The Kier molecular flexibility index (Phi) is 5.79. The zero-order chi connectivity index (χ0) is 15.1. The summed E-state index contributed by atoms with van der Waals surface area (Å²) in [5.41, 5.74) is 0.845. The predicted molar refractivity (Wildman–Crippen MR) is 71.5 cm³/mol. The molecule has 0 saturated carbocycles. The van der Waals surface area contributed by atoms with Gasteiger partial charge >= 0.3 is 12.0 Å². The fraction of sp³-hybridized carbons (Fsp3) is 0.385. The SMILES string of the molecule is COc1cccc(CN(C)C(=O)N[C@H](CO)C(=O)O)c1. The number of carbonyl (C=O) groups is 2. The van der Waals surface area contributed by atoms with Gasteiger partial charge in [0.2, 0.25) is 0 Å². The van der Waals surface area contributed by atoms with E-state index in [-0.39, 0.29) is 0 Å². The van der Waals surface area contributed by atoms with Gasteiger partial charge in [0.25, 0.3) is 0 Å². The Hall–Kier alpha value is -2.28. The van der Waals surface area contributed by atoms with E-state index < -0.39 is 24.6 Å². The monoisotopic (exact) mass is 282 g/mol. The molecule has 0 saturated heterocycles. The van der Waals surface area contributed by atoms with Crippen LogP contribution in [-0.4, -0.2) is 53.9 Å². The molecule has 0 aliphatic heterocycles. The van der Waals surface area contributed by atoms with Crippen molar-refractivity contribution in [1.29, 1.82) is 0 Å². The summed E-state index contributed by atoms with van der Waals surface area (Å²) in [6, 6.07) is 5.31. The van der Waals surface area contributed by atoms with E-state index in [0.29, 0.717) is 12.3 Å². The van der Waals surface area contributed by atoms with Crippen LogP contribution in [0.4, 0.5) is 4.79 Å². The van der Waals surface area contributed by atoms with Crippen molar-refractivity contribution in [2.75, 3.05) is 20.8 Å². The Balaban J connectivity index is 2.63. The van der Waals surface area contributed by atoms with Gasteiger partial charge in [-0.25, -0.2) is 9.59 Å². The van der Waals surface area contributed by atoms with Crippen molar-refractivity contribution >= 4 is 12.0 Å². The second kappa shape index (κ2) is 7.34. The molecule has 20 heavy (non-hydrogen) atoms. The molecule has 110 valence electrons. The van der Waals surface area contributed by atoms with Crippen molar-refractivity contribution in [3.8, 4) is 5.75 Å². The standard InChI is InChI=1S/C13H18N2O5/c1-15(13(19)14-11(8-16)12(17)18)7-9-4-3-5-10(6-9)20-2/h3-6,11,16H,7-8H2,1-2H3,(H,14,19)(H,17,18)/t11-/m1/s1. The van der Waals surface area contributed by atoms with Crippen LogP contribution < -0.4 is 10.1 Å². The summed E-state index contributed by atoms with van der Waals surface area (Å²) in [6.07, 6.45) is 0. The van der Waals surface area contributed by atoms with Crippen LogP contribution in [0.25, 0.3) is 0 Å². The van der Waals surface area contributed by atoms with E-state index >= 15 is 0 Å². The van der Waals surface area contributed by atoms with E-state index in [1.54, 1.807) is 25.3 Å². The van der Waals surface area contributed by atoms with Crippen LogP contribution in [0.5, 0.6) is 5.75 Å². The van der Waals surface area contributed by atoms with E-state index in [0.717, 1.165) is 5.56 Å². The minimum absolute atomic E-state index is 0.292. The first-order valence-electron chi connectivity index (χ1n) is 5.96. The highest BCUT2D eigenvalue weighted by Crippen LogP contribution is 2.13. The number of carboxylic acid groups (broad SMARTS) is 1. The Morgan fingerprint density at radius 1 is 1.45 bits per heavy atom. The summed E-state index contributed by atoms with van der Waals surface area (Å²) >= 11 is 0. The van der Waals surface area contributed by atoms with Crippen LogP contribution in [0, 0.1) is 0 Å². The topological polar surface area (TPSA) is 99.1 Å². The van der Waals surface area contributed by atoms with Gasteiger partial charge in [-0.3, -0.25) is 0 Å². The van der Waals surface area contributed by atoms with Crippen LogP contribution in [0.2, 0.25) is 0 Å². The number of nitrogens with one attached hydrogen (secondary N) is 1. The average Bonchev–Trinajstić information content (AvgIpc) is 2.44. The average molecular weight is 282 g/mol. The zero-order valence-electron chi connectivity index (χ0n) is 11.4. The van der Waals surface area contributed by atoms with Crippen molar-refractivity contribution in [2.24, 2.45) is 0 Å². The molecule has 7 heteroatoms. The van der Waals surface area contributed by atoms with Crippen molar-refractivity contribution in [3.63, 3.8) is 0 Å². The van der Waals surface area contributed by atoms with Crippen LogP contribution >= 0.6 is 0 Å². The highest BCUT2D eigenvalue weighted by atomic mass is 16.5. The van der Waals surface area contributed by atoms with E-state index in [2.05, 4.69) is 5.32 Å². The number of methoxy groups -OCH3 is 1. The third-order valence-corrected chi connectivity index (χ3v) is 2.68. The molecule has 1 aromatic rings. The number of hydrogen-bond donors (Lipinski definition) is 3. The van der Waals surface area contributed by atoms with Crippen molar-refractivity contribution in [1.82, 2.24) is 10.2 Å². The van der Waals surface area contributed by atoms with Crippen LogP contribution in [0.3, 0.4) is 0 Å². The van der Waals surface area contributed by atoms with Gasteiger partial charge in [-0.05, 0) is 17.7 Å². The third-order valence-electron chi connectivity index (χ3n) is 2.68. The van der Waals surface area contributed by atoms with Gasteiger partial charge in [-0.2, -0.15) is 0 Å². The lowest BCUT2D eigenvalue weighted by molar-refractivity contribution is -0.140. The van der Waals surface area contributed by atoms with Crippen molar-refractivity contribution in [3.05, 3.63) is 29.8 Å². The number of urea groups is 1.